The molecule has 3 aromatic rings. The standard InChI is InChI=1S/C25H28N4O4S/c1-14-8-7-9-18(12-14)26-22(20-23(31)28(5)25(33)29(6)24(20)32)34-13-19(30)27-21-16(3)10-15(2)11-17(21)4/h7-12,31H,13H2,1-6H3,(H,27,30). The summed E-state index contributed by atoms with van der Waals surface area (Å²) in [5.41, 5.74) is 3.80. The Morgan fingerprint density at radius 2 is 1.65 bits per heavy atom. The molecule has 0 atom stereocenters. The predicted octanol–water partition coefficient (Wildman–Crippen LogP) is 3.47. The van der Waals surface area contributed by atoms with Crippen molar-refractivity contribution in [3.63, 3.8) is 0 Å². The SMILES string of the molecule is Cc1cccc(N=C(SCC(=O)Nc2c(C)cc(C)cc2C)c2c(O)n(C)c(=O)n(C)c2=O)c1. The zero-order valence-electron chi connectivity index (χ0n) is 20.1. The number of thioether (sulfide) groups is 1. The summed E-state index contributed by atoms with van der Waals surface area (Å²) in [6, 6.07) is 11.3. The number of carbonyl (C=O) groups is 1. The van der Waals surface area contributed by atoms with E-state index in [1.165, 1.54) is 14.1 Å². The van der Waals surface area contributed by atoms with Crippen LogP contribution >= 0.6 is 11.8 Å². The lowest BCUT2D eigenvalue weighted by atomic mass is 10.1. The van der Waals surface area contributed by atoms with Gasteiger partial charge in [0.2, 0.25) is 11.8 Å². The van der Waals surface area contributed by atoms with Crippen molar-refractivity contribution in [1.82, 2.24) is 9.13 Å². The Bertz CT molecular complexity index is 1400. The smallest absolute Gasteiger partial charge is 0.333 e. The number of hydrogen-bond donors (Lipinski definition) is 2. The molecule has 34 heavy (non-hydrogen) atoms. The van der Waals surface area contributed by atoms with E-state index in [2.05, 4.69) is 10.3 Å². The van der Waals surface area contributed by atoms with Crippen molar-refractivity contribution in [2.45, 2.75) is 27.7 Å². The second-order valence-electron chi connectivity index (χ2n) is 8.27. The number of rotatable bonds is 5. The van der Waals surface area contributed by atoms with Gasteiger partial charge in [-0.2, -0.15) is 0 Å². The number of nitrogens with zero attached hydrogens (tertiary/aromatic N) is 3. The van der Waals surface area contributed by atoms with Crippen molar-refractivity contribution in [2.24, 2.45) is 19.1 Å². The highest BCUT2D eigenvalue weighted by Crippen LogP contribution is 2.25. The van der Waals surface area contributed by atoms with Gasteiger partial charge in [0.25, 0.3) is 5.56 Å². The molecule has 0 aliphatic carbocycles. The first-order valence-electron chi connectivity index (χ1n) is 10.6. The maximum Gasteiger partial charge on any atom is 0.333 e. The number of amides is 1. The van der Waals surface area contributed by atoms with Gasteiger partial charge in [0.15, 0.2) is 0 Å². The van der Waals surface area contributed by atoms with Crippen LogP contribution in [0.3, 0.4) is 0 Å². The van der Waals surface area contributed by atoms with E-state index in [-0.39, 0.29) is 22.3 Å². The lowest BCUT2D eigenvalue weighted by Crippen LogP contribution is -2.39. The first-order valence-corrected chi connectivity index (χ1v) is 11.6. The summed E-state index contributed by atoms with van der Waals surface area (Å²) < 4.78 is 1.88. The fourth-order valence-electron chi connectivity index (χ4n) is 3.68. The third kappa shape index (κ3) is 5.31. The molecular formula is C25H28N4O4S. The maximum atomic E-state index is 12.9. The van der Waals surface area contributed by atoms with E-state index in [9.17, 15) is 19.5 Å². The van der Waals surface area contributed by atoms with Crippen molar-refractivity contribution in [2.75, 3.05) is 11.1 Å². The molecule has 0 aliphatic heterocycles. The highest BCUT2D eigenvalue weighted by molar-refractivity contribution is 8.15. The van der Waals surface area contributed by atoms with Gasteiger partial charge in [-0.15, -0.1) is 0 Å². The summed E-state index contributed by atoms with van der Waals surface area (Å²) in [4.78, 5) is 42.5. The third-order valence-electron chi connectivity index (χ3n) is 5.36. The minimum absolute atomic E-state index is 0.0527. The number of nitrogens with one attached hydrogen (secondary N) is 1. The summed E-state index contributed by atoms with van der Waals surface area (Å²) >= 11 is 1.02. The van der Waals surface area contributed by atoms with Crippen LogP contribution in [0.15, 0.2) is 51.0 Å². The molecule has 0 unspecified atom stereocenters. The van der Waals surface area contributed by atoms with E-state index in [1.807, 2.05) is 58.0 Å². The molecule has 0 fully saturated rings. The molecule has 0 spiro atoms. The second kappa shape index (κ2) is 10.1. The summed E-state index contributed by atoms with van der Waals surface area (Å²) in [6.45, 7) is 7.77. The molecule has 178 valence electrons. The third-order valence-corrected chi connectivity index (χ3v) is 6.34. The monoisotopic (exact) mass is 480 g/mol. The Kier molecular flexibility index (Phi) is 7.46. The largest absolute Gasteiger partial charge is 0.494 e. The van der Waals surface area contributed by atoms with Crippen LogP contribution in [0, 0.1) is 27.7 Å². The molecule has 2 aromatic carbocycles. The lowest BCUT2D eigenvalue weighted by molar-refractivity contribution is -0.113. The van der Waals surface area contributed by atoms with Gasteiger partial charge in [0, 0.05) is 19.8 Å². The highest BCUT2D eigenvalue weighted by atomic mass is 32.2. The van der Waals surface area contributed by atoms with Crippen molar-refractivity contribution >= 4 is 34.1 Å². The number of aromatic hydroxyl groups is 1. The quantitative estimate of drug-likeness (QED) is 0.430. The molecule has 0 saturated carbocycles. The van der Waals surface area contributed by atoms with Crippen LogP contribution in [0.5, 0.6) is 5.88 Å². The summed E-state index contributed by atoms with van der Waals surface area (Å²) in [6.07, 6.45) is 0. The molecule has 1 aromatic heterocycles. The number of benzene rings is 2. The Balaban J connectivity index is 2.00. The van der Waals surface area contributed by atoms with Crippen molar-refractivity contribution in [1.29, 1.82) is 0 Å². The van der Waals surface area contributed by atoms with E-state index in [4.69, 9.17) is 0 Å². The molecule has 9 heteroatoms. The van der Waals surface area contributed by atoms with Gasteiger partial charge in [-0.3, -0.25) is 18.7 Å². The van der Waals surface area contributed by atoms with E-state index in [1.54, 1.807) is 6.07 Å². The number of anilines is 1. The first kappa shape index (κ1) is 25.0. The minimum Gasteiger partial charge on any atom is -0.494 e. The Hall–Kier alpha value is -3.59. The summed E-state index contributed by atoms with van der Waals surface area (Å²) in [5.74, 6) is -0.834. The fourth-order valence-corrected chi connectivity index (χ4v) is 4.52. The van der Waals surface area contributed by atoms with E-state index in [0.29, 0.717) is 5.69 Å². The number of hydrogen-bond acceptors (Lipinski definition) is 6. The van der Waals surface area contributed by atoms with Crippen LogP contribution in [0.25, 0.3) is 0 Å². The van der Waals surface area contributed by atoms with Crippen molar-refractivity contribution < 1.29 is 9.90 Å². The Labute approximate surface area is 202 Å². The highest BCUT2D eigenvalue weighted by Gasteiger charge is 2.22. The van der Waals surface area contributed by atoms with E-state index >= 15 is 0 Å². The topological polar surface area (TPSA) is 106 Å². The average Bonchev–Trinajstić information content (AvgIpc) is 2.77. The molecule has 1 heterocycles. The van der Waals surface area contributed by atoms with Gasteiger partial charge >= 0.3 is 5.69 Å². The number of aliphatic imine (C=N–C) groups is 1. The molecule has 8 nitrogen and oxygen atoms in total. The lowest BCUT2D eigenvalue weighted by Gasteiger charge is -2.14. The van der Waals surface area contributed by atoms with Crippen LogP contribution in [0.1, 0.15) is 27.8 Å². The maximum absolute atomic E-state index is 12.9. The van der Waals surface area contributed by atoms with Gasteiger partial charge in [-0.05, 0) is 56.5 Å². The molecule has 2 N–H and O–H groups in total. The number of carbonyl (C=O) groups excluding carboxylic acids is 1. The Morgan fingerprint density at radius 3 is 2.26 bits per heavy atom. The fraction of sp³-hybridized carbons (Fsp3) is 0.280. The minimum atomic E-state index is -0.690. The van der Waals surface area contributed by atoms with Gasteiger partial charge < -0.3 is 10.4 Å². The molecule has 0 bridgehead atoms. The second-order valence-corrected chi connectivity index (χ2v) is 9.23. The average molecular weight is 481 g/mol. The normalized spacial score (nSPS) is 11.5. The summed E-state index contributed by atoms with van der Waals surface area (Å²) in [5, 5.41) is 13.7. The van der Waals surface area contributed by atoms with Crippen molar-refractivity contribution in [3.8, 4) is 5.88 Å². The zero-order chi connectivity index (χ0) is 25.2. The number of aromatic nitrogens is 2. The molecule has 0 saturated heterocycles. The van der Waals surface area contributed by atoms with E-state index in [0.717, 1.165) is 48.8 Å². The van der Waals surface area contributed by atoms with Crippen LogP contribution < -0.4 is 16.6 Å². The van der Waals surface area contributed by atoms with Gasteiger partial charge in [-0.1, -0.05) is 41.6 Å². The molecule has 1 amide bonds. The number of aryl methyl sites for hydroxylation is 4. The predicted molar refractivity (Wildman–Crippen MR) is 138 cm³/mol. The van der Waals surface area contributed by atoms with Gasteiger partial charge in [-0.25, -0.2) is 9.79 Å². The van der Waals surface area contributed by atoms with E-state index < -0.39 is 17.1 Å². The van der Waals surface area contributed by atoms with Gasteiger partial charge in [0.05, 0.1) is 11.4 Å². The first-order chi connectivity index (χ1) is 16.0. The van der Waals surface area contributed by atoms with Crippen LogP contribution in [-0.2, 0) is 18.9 Å². The summed E-state index contributed by atoms with van der Waals surface area (Å²) in [7, 11) is 2.70. The molecular weight excluding hydrogens is 452 g/mol. The zero-order valence-corrected chi connectivity index (χ0v) is 20.9. The van der Waals surface area contributed by atoms with Gasteiger partial charge in [0.1, 0.15) is 10.6 Å². The Morgan fingerprint density at radius 1 is 1.00 bits per heavy atom. The molecule has 0 radical (unpaired) electrons. The van der Waals surface area contributed by atoms with Crippen molar-refractivity contribution in [3.05, 3.63) is 85.1 Å². The van der Waals surface area contributed by atoms with Crippen LogP contribution in [-0.4, -0.2) is 30.9 Å². The molecule has 3 rings (SSSR count). The van der Waals surface area contributed by atoms with Crippen LogP contribution in [0.2, 0.25) is 0 Å². The van der Waals surface area contributed by atoms with Crippen LogP contribution in [0.4, 0.5) is 11.4 Å². The molecule has 0 aliphatic rings.